The van der Waals surface area contributed by atoms with Gasteiger partial charge in [0.25, 0.3) is 0 Å². The van der Waals surface area contributed by atoms with Gasteiger partial charge in [0.05, 0.1) is 5.56 Å². The zero-order valence-corrected chi connectivity index (χ0v) is 18.0. The SMILES string of the molecule is FC(F)(F)c1ccc(-n2cccc2CN2CCc3nc(C4CCCCC4)ncc3C2)cc1. The molecule has 2 aromatic heterocycles. The second-order valence-electron chi connectivity index (χ2n) is 8.91. The fraction of sp³-hybridized carbons (Fsp3) is 0.440. The summed E-state index contributed by atoms with van der Waals surface area (Å²) in [6.07, 6.45) is 6.76. The van der Waals surface area contributed by atoms with Gasteiger partial charge in [-0.25, -0.2) is 9.97 Å². The van der Waals surface area contributed by atoms with Crippen molar-refractivity contribution in [1.82, 2.24) is 19.4 Å². The number of aromatic nitrogens is 3. The molecular weight excluding hydrogens is 413 g/mol. The maximum absolute atomic E-state index is 12.9. The van der Waals surface area contributed by atoms with E-state index in [9.17, 15) is 13.2 Å². The summed E-state index contributed by atoms with van der Waals surface area (Å²) in [5.74, 6) is 1.53. The molecule has 0 bridgehead atoms. The minimum absolute atomic E-state index is 0.513. The molecule has 0 atom stereocenters. The van der Waals surface area contributed by atoms with Crippen molar-refractivity contribution in [2.24, 2.45) is 0 Å². The van der Waals surface area contributed by atoms with Crippen molar-refractivity contribution in [2.75, 3.05) is 6.54 Å². The number of hydrogen-bond donors (Lipinski definition) is 0. The molecule has 3 heterocycles. The van der Waals surface area contributed by atoms with Crippen molar-refractivity contribution in [1.29, 1.82) is 0 Å². The lowest BCUT2D eigenvalue weighted by Crippen LogP contribution is -2.32. The van der Waals surface area contributed by atoms with Crippen LogP contribution < -0.4 is 0 Å². The third kappa shape index (κ3) is 4.44. The second-order valence-corrected chi connectivity index (χ2v) is 8.91. The van der Waals surface area contributed by atoms with E-state index in [1.165, 1.54) is 55.5 Å². The molecule has 4 nitrogen and oxygen atoms in total. The quantitative estimate of drug-likeness (QED) is 0.507. The molecule has 3 aromatic rings. The third-order valence-corrected chi connectivity index (χ3v) is 6.69. The Bertz CT molecular complexity index is 1070. The number of nitrogens with zero attached hydrogens (tertiary/aromatic N) is 4. The summed E-state index contributed by atoms with van der Waals surface area (Å²) in [7, 11) is 0. The number of rotatable bonds is 4. The Balaban J connectivity index is 1.28. The molecular formula is C25H27F3N4. The molecule has 1 aliphatic heterocycles. The van der Waals surface area contributed by atoms with Crippen molar-refractivity contribution in [3.63, 3.8) is 0 Å². The first-order valence-electron chi connectivity index (χ1n) is 11.4. The van der Waals surface area contributed by atoms with Gasteiger partial charge in [-0.2, -0.15) is 13.2 Å². The van der Waals surface area contributed by atoms with Crippen LogP contribution in [0.4, 0.5) is 13.2 Å². The van der Waals surface area contributed by atoms with Crippen molar-refractivity contribution in [3.8, 4) is 5.69 Å². The summed E-state index contributed by atoms with van der Waals surface area (Å²) < 4.78 is 40.6. The minimum Gasteiger partial charge on any atom is -0.320 e. The fourth-order valence-corrected chi connectivity index (χ4v) is 4.92. The van der Waals surface area contributed by atoms with Gasteiger partial charge >= 0.3 is 6.18 Å². The number of halogens is 3. The Labute approximate surface area is 186 Å². The number of hydrogen-bond acceptors (Lipinski definition) is 3. The van der Waals surface area contributed by atoms with Crippen LogP contribution in [0.25, 0.3) is 5.69 Å². The predicted molar refractivity (Wildman–Crippen MR) is 116 cm³/mol. The maximum atomic E-state index is 12.9. The van der Waals surface area contributed by atoms with Gasteiger partial charge in [-0.3, -0.25) is 4.90 Å². The molecule has 1 saturated carbocycles. The highest BCUT2D eigenvalue weighted by Gasteiger charge is 2.30. The molecule has 0 spiro atoms. The average Bonchev–Trinajstić information content (AvgIpc) is 3.27. The number of benzene rings is 1. The summed E-state index contributed by atoms with van der Waals surface area (Å²) in [5, 5.41) is 0. The predicted octanol–water partition coefficient (Wildman–Crippen LogP) is 5.89. The summed E-state index contributed by atoms with van der Waals surface area (Å²) in [6, 6.07) is 9.28. The molecule has 168 valence electrons. The van der Waals surface area contributed by atoms with Gasteiger partial charge in [0.2, 0.25) is 0 Å². The Kier molecular flexibility index (Phi) is 5.76. The molecule has 32 heavy (non-hydrogen) atoms. The first-order chi connectivity index (χ1) is 15.5. The van der Waals surface area contributed by atoms with E-state index in [0.717, 1.165) is 55.4 Å². The Hall–Kier alpha value is -2.67. The normalized spacial score (nSPS) is 18.0. The highest BCUT2D eigenvalue weighted by Crippen LogP contribution is 2.32. The highest BCUT2D eigenvalue weighted by atomic mass is 19.4. The van der Waals surface area contributed by atoms with Crippen LogP contribution in [0, 0.1) is 0 Å². The fourth-order valence-electron chi connectivity index (χ4n) is 4.92. The third-order valence-electron chi connectivity index (χ3n) is 6.69. The van der Waals surface area contributed by atoms with Crippen LogP contribution in [-0.4, -0.2) is 26.0 Å². The Morgan fingerprint density at radius 2 is 1.78 bits per heavy atom. The Morgan fingerprint density at radius 3 is 2.53 bits per heavy atom. The molecule has 0 saturated heterocycles. The van der Waals surface area contributed by atoms with E-state index < -0.39 is 11.7 Å². The minimum atomic E-state index is -4.32. The molecule has 1 aliphatic carbocycles. The Morgan fingerprint density at radius 1 is 1.00 bits per heavy atom. The van der Waals surface area contributed by atoms with E-state index in [0.29, 0.717) is 5.92 Å². The highest BCUT2D eigenvalue weighted by molar-refractivity contribution is 5.38. The van der Waals surface area contributed by atoms with Crippen LogP contribution in [0.15, 0.2) is 48.8 Å². The largest absolute Gasteiger partial charge is 0.416 e. The summed E-state index contributed by atoms with van der Waals surface area (Å²) in [6.45, 7) is 2.42. The van der Waals surface area contributed by atoms with Crippen LogP contribution in [0.3, 0.4) is 0 Å². The molecule has 1 fully saturated rings. The van der Waals surface area contributed by atoms with E-state index in [1.807, 2.05) is 29.1 Å². The molecule has 0 amide bonds. The summed E-state index contributed by atoms with van der Waals surface area (Å²) >= 11 is 0. The van der Waals surface area contributed by atoms with Gasteiger partial charge in [-0.05, 0) is 49.2 Å². The molecule has 5 rings (SSSR count). The van der Waals surface area contributed by atoms with Crippen molar-refractivity contribution < 1.29 is 13.2 Å². The van der Waals surface area contributed by atoms with Gasteiger partial charge in [0, 0.05) is 67.0 Å². The summed E-state index contributed by atoms with van der Waals surface area (Å²) in [5.41, 5.74) is 3.51. The van der Waals surface area contributed by atoms with E-state index >= 15 is 0 Å². The smallest absolute Gasteiger partial charge is 0.320 e. The molecule has 0 unspecified atom stereocenters. The lowest BCUT2D eigenvalue weighted by Gasteiger charge is -2.29. The van der Waals surface area contributed by atoms with E-state index in [-0.39, 0.29) is 0 Å². The van der Waals surface area contributed by atoms with Gasteiger partial charge in [0.15, 0.2) is 0 Å². The topological polar surface area (TPSA) is 34.0 Å². The van der Waals surface area contributed by atoms with Crippen molar-refractivity contribution in [2.45, 2.75) is 63.7 Å². The molecule has 0 radical (unpaired) electrons. The van der Waals surface area contributed by atoms with Crippen molar-refractivity contribution >= 4 is 0 Å². The van der Waals surface area contributed by atoms with Gasteiger partial charge in [-0.15, -0.1) is 0 Å². The van der Waals surface area contributed by atoms with Crippen LogP contribution in [0.1, 0.15) is 66.4 Å². The van der Waals surface area contributed by atoms with Gasteiger partial charge in [0.1, 0.15) is 5.82 Å². The van der Waals surface area contributed by atoms with E-state index in [1.54, 1.807) is 0 Å². The summed E-state index contributed by atoms with van der Waals surface area (Å²) in [4.78, 5) is 12.0. The van der Waals surface area contributed by atoms with E-state index in [4.69, 9.17) is 9.97 Å². The molecule has 7 heteroatoms. The van der Waals surface area contributed by atoms with Crippen LogP contribution >= 0.6 is 0 Å². The molecule has 0 N–H and O–H groups in total. The monoisotopic (exact) mass is 440 g/mol. The first kappa shape index (κ1) is 21.2. The van der Waals surface area contributed by atoms with Crippen LogP contribution in [-0.2, 0) is 25.7 Å². The van der Waals surface area contributed by atoms with Gasteiger partial charge < -0.3 is 4.57 Å². The van der Waals surface area contributed by atoms with Gasteiger partial charge in [-0.1, -0.05) is 19.3 Å². The second kappa shape index (κ2) is 8.70. The molecule has 2 aliphatic rings. The lowest BCUT2D eigenvalue weighted by atomic mass is 9.88. The van der Waals surface area contributed by atoms with Crippen LogP contribution in [0.2, 0.25) is 0 Å². The molecule has 1 aromatic carbocycles. The standard InChI is InChI=1S/C25H27F3N4/c26-25(27,28)20-8-10-21(11-9-20)32-13-4-7-22(32)17-31-14-12-23-19(16-31)15-29-24(30-23)18-5-2-1-3-6-18/h4,7-11,13,15,18H,1-3,5-6,12,14,16-17H2. The zero-order valence-electron chi connectivity index (χ0n) is 18.0. The number of alkyl halides is 3. The number of fused-ring (bicyclic) bond motifs is 1. The average molecular weight is 441 g/mol. The lowest BCUT2D eigenvalue weighted by molar-refractivity contribution is -0.137. The van der Waals surface area contributed by atoms with E-state index in [2.05, 4.69) is 4.90 Å². The van der Waals surface area contributed by atoms with Crippen LogP contribution in [0.5, 0.6) is 0 Å². The van der Waals surface area contributed by atoms with Crippen molar-refractivity contribution in [3.05, 3.63) is 77.1 Å². The first-order valence-corrected chi connectivity index (χ1v) is 11.4. The maximum Gasteiger partial charge on any atom is 0.416 e. The zero-order chi connectivity index (χ0) is 22.1.